The quantitative estimate of drug-likeness (QED) is 0.169. The van der Waals surface area contributed by atoms with Crippen molar-refractivity contribution in [2.24, 2.45) is 7.05 Å². The second kappa shape index (κ2) is 12.3. The third-order valence-electron chi connectivity index (χ3n) is 4.65. The molecule has 0 bridgehead atoms. The van der Waals surface area contributed by atoms with E-state index in [0.717, 1.165) is 0 Å². The minimum atomic E-state index is -1.82. The smallest absolute Gasteiger partial charge is 0.252 e. The summed E-state index contributed by atoms with van der Waals surface area (Å²) in [4.78, 5) is 40.2. The molecule has 0 saturated heterocycles. The molecule has 0 aromatic carbocycles. The molecule has 6 atom stereocenters. The van der Waals surface area contributed by atoms with Gasteiger partial charge in [-0.25, -0.2) is 4.98 Å². The van der Waals surface area contributed by atoms with Crippen molar-refractivity contribution >= 4 is 17.7 Å². The molecule has 7 N–H and O–H groups in total. The number of carbonyl (C=O) groups is 3. The van der Waals surface area contributed by atoms with Crippen molar-refractivity contribution in [1.29, 1.82) is 0 Å². The Kier molecular flexibility index (Phi) is 10.5. The number of hydrogen-bond donors (Lipinski definition) is 7. The van der Waals surface area contributed by atoms with E-state index in [2.05, 4.69) is 20.9 Å². The van der Waals surface area contributed by atoms with Gasteiger partial charge >= 0.3 is 0 Å². The highest BCUT2D eigenvalue weighted by atomic mass is 16.5. The molecule has 0 aliphatic heterocycles. The highest BCUT2D eigenvalue weighted by Crippen LogP contribution is 2.17. The number of aryl methyl sites for hydroxylation is 1. The number of rotatable bonds is 12. The number of aliphatic hydroxyl groups is 4. The molecular formula is C18H31N5O8. The zero-order chi connectivity index (χ0) is 23.7. The number of nitrogens with zero attached hydrogens (tertiary/aromatic N) is 2. The number of ether oxygens (including phenoxy) is 1. The first kappa shape index (κ1) is 26.5. The van der Waals surface area contributed by atoms with Crippen LogP contribution in [-0.2, 0) is 26.2 Å². The Labute approximate surface area is 179 Å². The zero-order valence-electron chi connectivity index (χ0n) is 17.8. The Morgan fingerprint density at radius 2 is 1.81 bits per heavy atom. The van der Waals surface area contributed by atoms with Gasteiger partial charge in [-0.2, -0.15) is 0 Å². The van der Waals surface area contributed by atoms with E-state index in [1.54, 1.807) is 7.05 Å². The van der Waals surface area contributed by atoms with Crippen molar-refractivity contribution in [3.8, 4) is 0 Å². The minimum absolute atomic E-state index is 0.113. The Morgan fingerprint density at radius 3 is 2.29 bits per heavy atom. The lowest BCUT2D eigenvalue weighted by molar-refractivity contribution is -0.140. The number of aromatic nitrogens is 2. The third-order valence-corrected chi connectivity index (χ3v) is 4.65. The van der Waals surface area contributed by atoms with Crippen molar-refractivity contribution in [2.45, 2.75) is 49.9 Å². The Morgan fingerprint density at radius 1 is 1.16 bits per heavy atom. The van der Waals surface area contributed by atoms with Crippen LogP contribution < -0.4 is 16.0 Å². The van der Waals surface area contributed by atoms with Crippen LogP contribution in [0.5, 0.6) is 0 Å². The molecule has 1 rings (SSSR count). The van der Waals surface area contributed by atoms with Crippen LogP contribution >= 0.6 is 0 Å². The molecular weight excluding hydrogens is 414 g/mol. The van der Waals surface area contributed by atoms with Gasteiger partial charge in [0.05, 0.1) is 30.4 Å². The van der Waals surface area contributed by atoms with Gasteiger partial charge in [0.1, 0.15) is 18.2 Å². The van der Waals surface area contributed by atoms with E-state index in [4.69, 9.17) is 4.74 Å². The summed E-state index contributed by atoms with van der Waals surface area (Å²) >= 11 is 0. The second-order valence-electron chi connectivity index (χ2n) is 7.01. The molecule has 0 fully saturated rings. The first-order valence-electron chi connectivity index (χ1n) is 9.54. The summed E-state index contributed by atoms with van der Waals surface area (Å²) in [5.41, 5.74) is 0.213. The zero-order valence-corrected chi connectivity index (χ0v) is 17.8. The summed E-state index contributed by atoms with van der Waals surface area (Å²) in [6.45, 7) is 1.05. The van der Waals surface area contributed by atoms with Crippen LogP contribution in [-0.4, -0.2) is 98.9 Å². The monoisotopic (exact) mass is 445 g/mol. The summed E-state index contributed by atoms with van der Waals surface area (Å²) in [5.74, 6) is -2.50. The van der Waals surface area contributed by atoms with E-state index in [-0.39, 0.29) is 18.7 Å². The van der Waals surface area contributed by atoms with Crippen LogP contribution in [0, 0.1) is 0 Å². The highest BCUT2D eigenvalue weighted by Gasteiger charge is 2.34. The molecule has 0 spiro atoms. The third kappa shape index (κ3) is 7.56. The maximum Gasteiger partial charge on any atom is 0.252 e. The Bertz CT molecular complexity index is 740. The number of amides is 3. The summed E-state index contributed by atoms with van der Waals surface area (Å²) in [6.07, 6.45) is -4.27. The standard InChI is InChI=1S/C18H31N5O8/c1-9(24)14(26)18(30)22-13(15(27)11-7-20-8-23(11)3)17(29)21-6-10(31-4)5-12(25)16(28)19-2/h7-10,12-15,24-27H,5-6H2,1-4H3,(H,19,28)(H,21,29)(H,22,30). The van der Waals surface area contributed by atoms with Crippen molar-refractivity contribution in [3.63, 3.8) is 0 Å². The van der Waals surface area contributed by atoms with Crippen molar-refractivity contribution in [1.82, 2.24) is 25.5 Å². The lowest BCUT2D eigenvalue weighted by Crippen LogP contribution is -2.55. The molecule has 3 amide bonds. The van der Waals surface area contributed by atoms with Gasteiger partial charge in [-0.1, -0.05) is 0 Å². The van der Waals surface area contributed by atoms with E-state index in [0.29, 0.717) is 0 Å². The van der Waals surface area contributed by atoms with Crippen molar-refractivity contribution in [3.05, 3.63) is 18.2 Å². The molecule has 1 aromatic heterocycles. The van der Waals surface area contributed by atoms with Crippen LogP contribution in [0.4, 0.5) is 0 Å². The van der Waals surface area contributed by atoms with Crippen molar-refractivity contribution < 1.29 is 39.5 Å². The van der Waals surface area contributed by atoms with Gasteiger partial charge in [0.25, 0.3) is 5.91 Å². The molecule has 31 heavy (non-hydrogen) atoms. The van der Waals surface area contributed by atoms with Gasteiger partial charge in [0, 0.05) is 34.2 Å². The van der Waals surface area contributed by atoms with E-state index < -0.39 is 54.3 Å². The maximum atomic E-state index is 12.8. The maximum absolute atomic E-state index is 12.8. The number of carbonyl (C=O) groups excluding carboxylic acids is 3. The van der Waals surface area contributed by atoms with Gasteiger partial charge in [0.15, 0.2) is 6.10 Å². The Balaban J connectivity index is 2.93. The van der Waals surface area contributed by atoms with Gasteiger partial charge in [-0.3, -0.25) is 14.4 Å². The highest BCUT2D eigenvalue weighted by molar-refractivity contribution is 5.90. The summed E-state index contributed by atoms with van der Waals surface area (Å²) in [5, 5.41) is 46.6. The molecule has 0 aliphatic rings. The SMILES string of the molecule is CNC(=O)C(O)CC(CNC(=O)C(NC(=O)C(O)C(C)O)C(O)c1cncn1C)OC. The summed E-state index contributed by atoms with van der Waals surface area (Å²) in [7, 11) is 4.27. The second-order valence-corrected chi connectivity index (χ2v) is 7.01. The topological polar surface area (TPSA) is 195 Å². The van der Waals surface area contributed by atoms with Crippen LogP contribution in [0.3, 0.4) is 0 Å². The molecule has 6 unspecified atom stereocenters. The van der Waals surface area contributed by atoms with E-state index >= 15 is 0 Å². The predicted octanol–water partition coefficient (Wildman–Crippen LogP) is -3.69. The molecule has 13 heteroatoms. The number of nitrogens with one attached hydrogen (secondary N) is 3. The molecule has 13 nitrogen and oxygen atoms in total. The van der Waals surface area contributed by atoms with E-state index in [9.17, 15) is 34.8 Å². The Hall–Kier alpha value is -2.58. The van der Waals surface area contributed by atoms with Gasteiger partial charge in [0.2, 0.25) is 11.8 Å². The largest absolute Gasteiger partial charge is 0.390 e. The van der Waals surface area contributed by atoms with Crippen LogP contribution in [0.1, 0.15) is 25.1 Å². The molecule has 0 radical (unpaired) electrons. The van der Waals surface area contributed by atoms with Crippen LogP contribution in [0.2, 0.25) is 0 Å². The fraction of sp³-hybridized carbons (Fsp3) is 0.667. The first-order chi connectivity index (χ1) is 14.5. The number of methoxy groups -OCH3 is 1. The predicted molar refractivity (Wildman–Crippen MR) is 106 cm³/mol. The number of imidazole rings is 1. The molecule has 0 saturated carbocycles. The van der Waals surface area contributed by atoms with Gasteiger partial charge < -0.3 is 45.7 Å². The number of aliphatic hydroxyl groups excluding tert-OH is 4. The number of likely N-dealkylation sites (N-methyl/N-ethyl adjacent to an activating group) is 1. The van der Waals surface area contributed by atoms with E-state index in [1.807, 2.05) is 0 Å². The average molecular weight is 445 g/mol. The van der Waals surface area contributed by atoms with Gasteiger partial charge in [-0.05, 0) is 6.92 Å². The lowest BCUT2D eigenvalue weighted by Gasteiger charge is -2.26. The summed E-state index contributed by atoms with van der Waals surface area (Å²) in [6, 6.07) is -1.54. The molecule has 0 aliphatic carbocycles. The first-order valence-corrected chi connectivity index (χ1v) is 9.54. The van der Waals surface area contributed by atoms with Crippen LogP contribution in [0.25, 0.3) is 0 Å². The van der Waals surface area contributed by atoms with Crippen molar-refractivity contribution in [2.75, 3.05) is 20.7 Å². The summed E-state index contributed by atoms with van der Waals surface area (Å²) < 4.78 is 6.60. The van der Waals surface area contributed by atoms with Crippen LogP contribution in [0.15, 0.2) is 12.5 Å². The average Bonchev–Trinajstić information content (AvgIpc) is 3.18. The lowest BCUT2D eigenvalue weighted by atomic mass is 10.1. The molecule has 1 heterocycles. The van der Waals surface area contributed by atoms with Gasteiger partial charge in [-0.15, -0.1) is 0 Å². The normalized spacial score (nSPS) is 17.0. The fourth-order valence-electron chi connectivity index (χ4n) is 2.68. The number of hydrogen-bond acceptors (Lipinski definition) is 9. The molecule has 176 valence electrons. The molecule has 1 aromatic rings. The fourth-order valence-corrected chi connectivity index (χ4v) is 2.68. The van der Waals surface area contributed by atoms with E-state index in [1.165, 1.54) is 38.2 Å². The minimum Gasteiger partial charge on any atom is -0.390 e.